The lowest BCUT2D eigenvalue weighted by atomic mass is 10.1. The molecule has 17 heavy (non-hydrogen) atoms. The summed E-state index contributed by atoms with van der Waals surface area (Å²) in [7, 11) is 3.34. The third kappa shape index (κ3) is 2.64. The average Bonchev–Trinajstić information content (AvgIpc) is 2.38. The maximum atomic E-state index is 6.00. The molecule has 1 fully saturated rings. The second kappa shape index (κ2) is 5.27. The summed E-state index contributed by atoms with van der Waals surface area (Å²) < 4.78 is 10.6. The molecule has 94 valence electrons. The minimum Gasteiger partial charge on any atom is -0.497 e. The van der Waals surface area contributed by atoms with Gasteiger partial charge in [0.2, 0.25) is 0 Å². The van der Waals surface area contributed by atoms with Crippen LogP contribution in [0.3, 0.4) is 0 Å². The number of nitrogens with zero attached hydrogens (tertiary/aromatic N) is 1. The SMILES string of the molecule is COc1ccc(N2CCCC(N)C2)c(OC)c1. The normalized spacial score (nSPS) is 20.2. The first-order valence-corrected chi connectivity index (χ1v) is 5.97. The van der Waals surface area contributed by atoms with E-state index >= 15 is 0 Å². The number of rotatable bonds is 3. The van der Waals surface area contributed by atoms with Crippen molar-refractivity contribution in [1.82, 2.24) is 0 Å². The van der Waals surface area contributed by atoms with Gasteiger partial charge >= 0.3 is 0 Å². The van der Waals surface area contributed by atoms with E-state index in [2.05, 4.69) is 4.90 Å². The molecular weight excluding hydrogens is 216 g/mol. The van der Waals surface area contributed by atoms with Crippen LogP contribution in [0.25, 0.3) is 0 Å². The first-order chi connectivity index (χ1) is 8.24. The fraction of sp³-hybridized carbons (Fsp3) is 0.538. The van der Waals surface area contributed by atoms with E-state index in [-0.39, 0.29) is 6.04 Å². The zero-order valence-electron chi connectivity index (χ0n) is 10.5. The molecule has 1 aliphatic rings. The quantitative estimate of drug-likeness (QED) is 0.866. The molecule has 0 aliphatic carbocycles. The van der Waals surface area contributed by atoms with Crippen LogP contribution >= 0.6 is 0 Å². The van der Waals surface area contributed by atoms with Gasteiger partial charge in [-0.3, -0.25) is 0 Å². The number of ether oxygens (including phenoxy) is 2. The number of piperidine rings is 1. The van der Waals surface area contributed by atoms with Gasteiger partial charge in [-0.2, -0.15) is 0 Å². The Kier molecular flexibility index (Phi) is 3.74. The van der Waals surface area contributed by atoms with Crippen LogP contribution < -0.4 is 20.1 Å². The number of methoxy groups -OCH3 is 2. The van der Waals surface area contributed by atoms with E-state index < -0.39 is 0 Å². The molecule has 2 rings (SSSR count). The van der Waals surface area contributed by atoms with Crippen molar-refractivity contribution < 1.29 is 9.47 Å². The summed E-state index contributed by atoms with van der Waals surface area (Å²) in [6.07, 6.45) is 2.24. The number of hydrogen-bond donors (Lipinski definition) is 1. The topological polar surface area (TPSA) is 47.7 Å². The van der Waals surface area contributed by atoms with Gasteiger partial charge in [0.1, 0.15) is 11.5 Å². The van der Waals surface area contributed by atoms with Crippen molar-refractivity contribution in [3.05, 3.63) is 18.2 Å². The Morgan fingerprint density at radius 2 is 2.12 bits per heavy atom. The predicted molar refractivity (Wildman–Crippen MR) is 69.0 cm³/mol. The molecule has 1 saturated heterocycles. The van der Waals surface area contributed by atoms with Crippen molar-refractivity contribution in [2.45, 2.75) is 18.9 Å². The zero-order valence-corrected chi connectivity index (χ0v) is 10.5. The highest BCUT2D eigenvalue weighted by molar-refractivity contribution is 5.61. The van der Waals surface area contributed by atoms with Gasteiger partial charge in [-0.15, -0.1) is 0 Å². The van der Waals surface area contributed by atoms with Crippen LogP contribution in [0.1, 0.15) is 12.8 Å². The van der Waals surface area contributed by atoms with Crippen molar-refractivity contribution >= 4 is 5.69 Å². The smallest absolute Gasteiger partial charge is 0.145 e. The minimum atomic E-state index is 0.260. The lowest BCUT2D eigenvalue weighted by molar-refractivity contribution is 0.392. The van der Waals surface area contributed by atoms with Gasteiger partial charge in [0.05, 0.1) is 19.9 Å². The molecule has 2 N–H and O–H groups in total. The highest BCUT2D eigenvalue weighted by Crippen LogP contribution is 2.33. The van der Waals surface area contributed by atoms with Crippen molar-refractivity contribution in [1.29, 1.82) is 0 Å². The summed E-state index contributed by atoms with van der Waals surface area (Å²) in [6.45, 7) is 1.93. The minimum absolute atomic E-state index is 0.260. The molecule has 1 aromatic carbocycles. The standard InChI is InChI=1S/C13H20N2O2/c1-16-11-5-6-12(13(8-11)17-2)15-7-3-4-10(14)9-15/h5-6,8,10H,3-4,7,9,14H2,1-2H3. The molecular formula is C13H20N2O2. The summed E-state index contributed by atoms with van der Waals surface area (Å²) in [4.78, 5) is 2.28. The highest BCUT2D eigenvalue weighted by atomic mass is 16.5. The van der Waals surface area contributed by atoms with E-state index in [0.29, 0.717) is 0 Å². The Bertz CT molecular complexity index is 382. The number of hydrogen-bond acceptors (Lipinski definition) is 4. The number of anilines is 1. The summed E-state index contributed by atoms with van der Waals surface area (Å²) in [5, 5.41) is 0. The van der Waals surface area contributed by atoms with Crippen LogP contribution in [-0.2, 0) is 0 Å². The summed E-state index contributed by atoms with van der Waals surface area (Å²) in [5.41, 5.74) is 7.10. The second-order valence-electron chi connectivity index (χ2n) is 4.39. The third-order valence-corrected chi connectivity index (χ3v) is 3.19. The van der Waals surface area contributed by atoms with Gasteiger partial charge in [-0.05, 0) is 25.0 Å². The molecule has 0 spiro atoms. The lowest BCUT2D eigenvalue weighted by Gasteiger charge is -2.33. The Balaban J connectivity index is 2.24. The van der Waals surface area contributed by atoms with Gasteiger partial charge in [0.25, 0.3) is 0 Å². The molecule has 0 amide bonds. The first kappa shape index (κ1) is 12.0. The van der Waals surface area contributed by atoms with E-state index in [1.807, 2.05) is 18.2 Å². The maximum absolute atomic E-state index is 6.00. The first-order valence-electron chi connectivity index (χ1n) is 5.97. The Labute approximate surface area is 102 Å². The van der Waals surface area contributed by atoms with E-state index in [0.717, 1.165) is 43.1 Å². The molecule has 0 bridgehead atoms. The van der Waals surface area contributed by atoms with Crippen molar-refractivity contribution in [3.8, 4) is 11.5 Å². The lowest BCUT2D eigenvalue weighted by Crippen LogP contribution is -2.42. The summed E-state index contributed by atoms with van der Waals surface area (Å²) in [5.74, 6) is 1.66. The van der Waals surface area contributed by atoms with E-state index in [1.165, 1.54) is 0 Å². The summed E-state index contributed by atoms with van der Waals surface area (Å²) in [6, 6.07) is 6.17. The van der Waals surface area contributed by atoms with Crippen LogP contribution in [0.4, 0.5) is 5.69 Å². The van der Waals surface area contributed by atoms with E-state index in [1.54, 1.807) is 14.2 Å². The molecule has 4 nitrogen and oxygen atoms in total. The fourth-order valence-electron chi connectivity index (χ4n) is 2.27. The Morgan fingerprint density at radius 3 is 2.76 bits per heavy atom. The molecule has 4 heteroatoms. The van der Waals surface area contributed by atoms with Gasteiger partial charge in [-0.25, -0.2) is 0 Å². The Morgan fingerprint density at radius 1 is 1.29 bits per heavy atom. The van der Waals surface area contributed by atoms with Crippen LogP contribution in [-0.4, -0.2) is 33.4 Å². The highest BCUT2D eigenvalue weighted by Gasteiger charge is 2.19. The van der Waals surface area contributed by atoms with Gasteiger partial charge < -0.3 is 20.1 Å². The molecule has 1 aliphatic heterocycles. The van der Waals surface area contributed by atoms with Crippen LogP contribution in [0.5, 0.6) is 11.5 Å². The zero-order chi connectivity index (χ0) is 12.3. The third-order valence-electron chi connectivity index (χ3n) is 3.19. The largest absolute Gasteiger partial charge is 0.497 e. The molecule has 0 saturated carbocycles. The summed E-state index contributed by atoms with van der Waals surface area (Å²) >= 11 is 0. The van der Waals surface area contributed by atoms with Crippen LogP contribution in [0, 0.1) is 0 Å². The van der Waals surface area contributed by atoms with E-state index in [4.69, 9.17) is 15.2 Å². The molecule has 0 aromatic heterocycles. The number of benzene rings is 1. The van der Waals surface area contributed by atoms with Gasteiger partial charge in [0.15, 0.2) is 0 Å². The molecule has 1 unspecified atom stereocenters. The van der Waals surface area contributed by atoms with Crippen LogP contribution in [0.15, 0.2) is 18.2 Å². The van der Waals surface area contributed by atoms with E-state index in [9.17, 15) is 0 Å². The van der Waals surface area contributed by atoms with Crippen LogP contribution in [0.2, 0.25) is 0 Å². The average molecular weight is 236 g/mol. The maximum Gasteiger partial charge on any atom is 0.145 e. The molecule has 1 atom stereocenters. The fourth-order valence-corrected chi connectivity index (χ4v) is 2.27. The monoisotopic (exact) mass is 236 g/mol. The number of nitrogens with two attached hydrogens (primary N) is 1. The van der Waals surface area contributed by atoms with Gasteiger partial charge in [-0.1, -0.05) is 0 Å². The predicted octanol–water partition coefficient (Wildman–Crippen LogP) is 1.63. The van der Waals surface area contributed by atoms with Crippen molar-refractivity contribution in [3.63, 3.8) is 0 Å². The molecule has 1 heterocycles. The Hall–Kier alpha value is -1.42. The molecule has 1 aromatic rings. The van der Waals surface area contributed by atoms with Crippen molar-refractivity contribution in [2.24, 2.45) is 5.73 Å². The van der Waals surface area contributed by atoms with Crippen molar-refractivity contribution in [2.75, 3.05) is 32.2 Å². The molecule has 0 radical (unpaired) electrons. The second-order valence-corrected chi connectivity index (χ2v) is 4.39. The van der Waals surface area contributed by atoms with Gasteiger partial charge in [0, 0.05) is 25.2 Å².